The Morgan fingerprint density at radius 1 is 1.62 bits per heavy atom. The molecule has 6 heteroatoms. The third-order valence-electron chi connectivity index (χ3n) is 2.09. The van der Waals surface area contributed by atoms with E-state index >= 15 is 0 Å². The molecule has 1 aliphatic rings. The summed E-state index contributed by atoms with van der Waals surface area (Å²) in [5.74, 6) is -0.495. The highest BCUT2D eigenvalue weighted by Crippen LogP contribution is 2.12. The van der Waals surface area contributed by atoms with Crippen molar-refractivity contribution in [2.24, 2.45) is 0 Å². The first-order chi connectivity index (χ1) is 6.18. The van der Waals surface area contributed by atoms with Gasteiger partial charge < -0.3 is 9.63 Å². The molecular formula is C7H8N2O4. The molecule has 3 N–H and O–H groups in total. The highest BCUT2D eigenvalue weighted by Gasteiger charge is 2.27. The van der Waals surface area contributed by atoms with Gasteiger partial charge in [-0.25, -0.2) is 0 Å². The molecule has 13 heavy (non-hydrogen) atoms. The topological polar surface area (TPSA) is 95.3 Å². The van der Waals surface area contributed by atoms with Crippen molar-refractivity contribution in [2.75, 3.05) is 0 Å². The fourth-order valence-electron chi connectivity index (χ4n) is 1.36. The second-order valence-corrected chi connectivity index (χ2v) is 2.91. The molecule has 0 aliphatic carbocycles. The quantitative estimate of drug-likeness (QED) is 0.524. The molecule has 0 spiro atoms. The first-order valence-electron chi connectivity index (χ1n) is 3.84. The SMILES string of the molecule is O=C(O)C1Cc2o[nH]c(=O)c2CN1. The average Bonchev–Trinajstić information content (AvgIpc) is 2.47. The number of hydrogen-bond donors (Lipinski definition) is 3. The average molecular weight is 184 g/mol. The predicted molar refractivity (Wildman–Crippen MR) is 41.3 cm³/mol. The fourth-order valence-corrected chi connectivity index (χ4v) is 1.36. The number of carboxylic acid groups (broad SMARTS) is 1. The summed E-state index contributed by atoms with van der Waals surface area (Å²) >= 11 is 0. The zero-order valence-corrected chi connectivity index (χ0v) is 6.66. The lowest BCUT2D eigenvalue weighted by Gasteiger charge is -2.17. The number of carbonyl (C=O) groups is 1. The van der Waals surface area contributed by atoms with Crippen LogP contribution in [0.4, 0.5) is 0 Å². The summed E-state index contributed by atoms with van der Waals surface area (Å²) in [6, 6.07) is -0.661. The molecule has 0 bridgehead atoms. The molecule has 6 nitrogen and oxygen atoms in total. The largest absolute Gasteiger partial charge is 0.480 e. The zero-order chi connectivity index (χ0) is 9.42. The summed E-state index contributed by atoms with van der Waals surface area (Å²) in [5, 5.41) is 13.6. The van der Waals surface area contributed by atoms with Crippen molar-refractivity contribution in [1.82, 2.24) is 10.5 Å². The second kappa shape index (κ2) is 2.74. The van der Waals surface area contributed by atoms with Gasteiger partial charge in [-0.15, -0.1) is 0 Å². The molecule has 0 saturated heterocycles. The zero-order valence-electron chi connectivity index (χ0n) is 6.66. The molecule has 2 heterocycles. The van der Waals surface area contributed by atoms with Crippen molar-refractivity contribution in [3.05, 3.63) is 21.7 Å². The lowest BCUT2D eigenvalue weighted by molar-refractivity contribution is -0.139. The molecule has 0 saturated carbocycles. The van der Waals surface area contributed by atoms with Gasteiger partial charge in [-0.3, -0.25) is 14.9 Å². The third kappa shape index (κ3) is 1.25. The minimum absolute atomic E-state index is 0.212. The Balaban J connectivity index is 2.30. The molecule has 70 valence electrons. The Hall–Kier alpha value is -1.56. The van der Waals surface area contributed by atoms with Gasteiger partial charge in [0.15, 0.2) is 0 Å². The van der Waals surface area contributed by atoms with Crippen LogP contribution in [0, 0.1) is 0 Å². The standard InChI is InChI=1S/C7H8N2O4/c10-6-3-2-8-4(7(11)12)1-5(3)13-9-6/h4,8H,1-2H2,(H,9,10)(H,11,12). The van der Waals surface area contributed by atoms with E-state index in [-0.39, 0.29) is 18.5 Å². The lowest BCUT2D eigenvalue weighted by atomic mass is 10.0. The van der Waals surface area contributed by atoms with E-state index in [0.29, 0.717) is 11.3 Å². The van der Waals surface area contributed by atoms with Crippen molar-refractivity contribution in [1.29, 1.82) is 0 Å². The maximum Gasteiger partial charge on any atom is 0.321 e. The van der Waals surface area contributed by atoms with Gasteiger partial charge in [0.25, 0.3) is 5.56 Å². The van der Waals surface area contributed by atoms with Crippen LogP contribution in [-0.2, 0) is 17.8 Å². The van der Waals surface area contributed by atoms with Crippen LogP contribution in [0.2, 0.25) is 0 Å². The second-order valence-electron chi connectivity index (χ2n) is 2.91. The van der Waals surface area contributed by atoms with E-state index in [1.54, 1.807) is 0 Å². The number of carboxylic acids is 1. The molecule has 0 fully saturated rings. The Kier molecular flexibility index (Phi) is 1.70. The highest BCUT2D eigenvalue weighted by molar-refractivity contribution is 5.74. The van der Waals surface area contributed by atoms with Gasteiger partial charge in [-0.2, -0.15) is 5.16 Å². The van der Waals surface area contributed by atoms with Crippen molar-refractivity contribution in [3.8, 4) is 0 Å². The number of aromatic nitrogens is 1. The van der Waals surface area contributed by atoms with Gasteiger partial charge in [0.2, 0.25) is 0 Å². The fraction of sp³-hybridized carbons (Fsp3) is 0.429. The molecular weight excluding hydrogens is 176 g/mol. The molecule has 1 aliphatic heterocycles. The van der Waals surface area contributed by atoms with Crippen LogP contribution in [0.15, 0.2) is 9.32 Å². The van der Waals surface area contributed by atoms with E-state index in [9.17, 15) is 9.59 Å². The van der Waals surface area contributed by atoms with Gasteiger partial charge in [0, 0.05) is 13.0 Å². The van der Waals surface area contributed by atoms with Crippen LogP contribution in [0.25, 0.3) is 0 Å². The summed E-state index contributed by atoms with van der Waals surface area (Å²) in [5.41, 5.74) is 0.212. The molecule has 0 aromatic carbocycles. The molecule has 1 aromatic rings. The molecule has 0 amide bonds. The first-order valence-corrected chi connectivity index (χ1v) is 3.84. The maximum absolute atomic E-state index is 11.0. The number of aromatic amines is 1. The molecule has 1 aromatic heterocycles. The minimum Gasteiger partial charge on any atom is -0.480 e. The lowest BCUT2D eigenvalue weighted by Crippen LogP contribution is -2.42. The van der Waals surface area contributed by atoms with Crippen LogP contribution in [-0.4, -0.2) is 22.3 Å². The third-order valence-corrected chi connectivity index (χ3v) is 2.09. The van der Waals surface area contributed by atoms with E-state index in [1.165, 1.54) is 0 Å². The summed E-state index contributed by atoms with van der Waals surface area (Å²) in [7, 11) is 0. The van der Waals surface area contributed by atoms with Crippen LogP contribution in [0.1, 0.15) is 11.3 Å². The predicted octanol–water partition coefficient (Wildman–Crippen LogP) is -0.933. The van der Waals surface area contributed by atoms with Gasteiger partial charge >= 0.3 is 5.97 Å². The summed E-state index contributed by atoms with van der Waals surface area (Å²) < 4.78 is 4.83. The number of aliphatic carboxylic acids is 1. The summed E-state index contributed by atoms with van der Waals surface area (Å²) in [4.78, 5) is 21.6. The van der Waals surface area contributed by atoms with Crippen LogP contribution in [0.3, 0.4) is 0 Å². The smallest absolute Gasteiger partial charge is 0.321 e. The van der Waals surface area contributed by atoms with Crippen molar-refractivity contribution < 1.29 is 14.4 Å². The normalized spacial score (nSPS) is 21.1. The highest BCUT2D eigenvalue weighted by atomic mass is 16.5. The van der Waals surface area contributed by atoms with Crippen molar-refractivity contribution in [3.63, 3.8) is 0 Å². The van der Waals surface area contributed by atoms with Gasteiger partial charge in [-0.05, 0) is 0 Å². The Labute approximate surface area is 72.5 Å². The Morgan fingerprint density at radius 3 is 3.08 bits per heavy atom. The number of nitrogens with one attached hydrogen (secondary N) is 2. The van der Waals surface area contributed by atoms with E-state index < -0.39 is 12.0 Å². The van der Waals surface area contributed by atoms with Crippen LogP contribution < -0.4 is 10.9 Å². The van der Waals surface area contributed by atoms with E-state index in [1.807, 2.05) is 0 Å². The van der Waals surface area contributed by atoms with Crippen LogP contribution >= 0.6 is 0 Å². The van der Waals surface area contributed by atoms with E-state index in [0.717, 1.165) is 0 Å². The maximum atomic E-state index is 11.0. The summed E-state index contributed by atoms with van der Waals surface area (Å²) in [6.45, 7) is 0.248. The van der Waals surface area contributed by atoms with Crippen molar-refractivity contribution >= 4 is 5.97 Å². The number of hydrogen-bond acceptors (Lipinski definition) is 4. The number of H-pyrrole nitrogens is 1. The van der Waals surface area contributed by atoms with Crippen molar-refractivity contribution in [2.45, 2.75) is 19.0 Å². The van der Waals surface area contributed by atoms with Gasteiger partial charge in [-0.1, -0.05) is 0 Å². The van der Waals surface area contributed by atoms with E-state index in [4.69, 9.17) is 9.63 Å². The van der Waals surface area contributed by atoms with E-state index in [2.05, 4.69) is 10.5 Å². The summed E-state index contributed by atoms with van der Waals surface area (Å²) in [6.07, 6.45) is 0.212. The van der Waals surface area contributed by atoms with Crippen LogP contribution in [0.5, 0.6) is 0 Å². The molecule has 1 unspecified atom stereocenters. The first kappa shape index (κ1) is 8.06. The number of fused-ring (bicyclic) bond motifs is 1. The Morgan fingerprint density at radius 2 is 2.38 bits per heavy atom. The number of rotatable bonds is 1. The Bertz CT molecular complexity index is 391. The molecule has 1 atom stereocenters. The molecule has 0 radical (unpaired) electrons. The molecule has 2 rings (SSSR count). The van der Waals surface area contributed by atoms with Gasteiger partial charge in [0.1, 0.15) is 11.8 Å². The monoisotopic (exact) mass is 184 g/mol. The minimum atomic E-state index is -0.936. The van der Waals surface area contributed by atoms with Gasteiger partial charge in [0.05, 0.1) is 5.56 Å².